The summed E-state index contributed by atoms with van der Waals surface area (Å²) in [4.78, 5) is 89.5. The largest absolute Gasteiger partial charge is 0.477 e. The molecule has 0 radical (unpaired) electrons. The van der Waals surface area contributed by atoms with Crippen LogP contribution in [0.15, 0.2) is 0 Å². The summed E-state index contributed by atoms with van der Waals surface area (Å²) in [5.74, 6) is -10.8. The molecule has 10 saturated heterocycles. The molecule has 51 atom stereocenters. The number of amides is 6. The normalized spacial score (nSPS) is 46.4. The van der Waals surface area contributed by atoms with E-state index in [0.717, 1.165) is 41.5 Å². The van der Waals surface area contributed by atoms with Gasteiger partial charge in [0.2, 0.25) is 35.4 Å². The van der Waals surface area contributed by atoms with Crippen LogP contribution in [0.3, 0.4) is 0 Å². The lowest BCUT2D eigenvalue weighted by Crippen LogP contribution is -2.71. The number of hydrogen-bond donors (Lipinski definition) is 34. The molecule has 0 aliphatic carbocycles. The quantitative estimate of drug-likeness (QED) is 0.0275. The number of aliphatic hydroxyl groups is 27. The number of rotatable bonds is 37. The Bertz CT molecular complexity index is 3820. The number of carbonyl (C=O) groups excluding carboxylic acids is 6. The molecule has 10 fully saturated rings. The minimum atomic E-state index is -3.12. The standard InChI is InChI=1S/C75H124N6O54/c1-18(90)76-35-24(96)7-75(74(115)116,135-61(35)41(98)25(97)8-82)118-17-34-45(102)52(109)54(111)70(127-34)130-58-30(13-87)124-69(40(50(58)107)81-23(6)95)129-60-32(15-89)125-73(64(55(60)112)134-67-38(79-21(4)93)48(105)43(100)27(10-84)121-67)132-62-46(103)33(16-117-72-63(53(110)44(101)28(11-85)122-72)133-66-37(78-20(3)92)47(104)42(99)26(9-83)120-66)126-71(56(62)113)131-59-31(14-88)123-68(39(51(59)108)80-22(5)94)128-57-29(12-86)119-65(114)36(49(57)106)77-19(2)91/h24-73,82-89,96-114H,7-17H2,1-6H3,(H,76,90)(H,77,91)(H,78,92)(H,79,93)(H,80,94)(H,81,95)(H,115,116)/t24-,25+,26+,27+,28+,29+,30+,31+,32+,33+,34+,35+,36+,37+,38+,39+,40+,41+,42+,43+,44+,45-,46+,47+,48+,49+,50+,51+,52-,53-,54+,55-,56-,57+,58+,59+,60+,61+,62-,63-,64-,65+,66-,67-,68-,69-,70-,71-,72-,73+,75+/m0/s1. The molecule has 0 aromatic carbocycles. The van der Waals surface area contributed by atoms with Crippen molar-refractivity contribution in [1.29, 1.82) is 0 Å². The van der Waals surface area contributed by atoms with Gasteiger partial charge in [0.05, 0.1) is 78.2 Å². The molecule has 10 aliphatic rings. The maximum Gasteiger partial charge on any atom is 0.364 e. The molecular weight excluding hydrogens is 1850 g/mol. The van der Waals surface area contributed by atoms with Gasteiger partial charge in [-0.3, -0.25) is 28.8 Å². The number of aliphatic hydroxyl groups excluding tert-OH is 27. The molecule has 0 aromatic heterocycles. The van der Waals surface area contributed by atoms with Crippen LogP contribution in [0, 0.1) is 0 Å². The summed E-state index contributed by atoms with van der Waals surface area (Å²) in [6, 6.07) is -11.3. The van der Waals surface area contributed by atoms with Crippen LogP contribution in [0.25, 0.3) is 0 Å². The van der Waals surface area contributed by atoms with Crippen LogP contribution in [-0.2, 0) is 124 Å². The number of ether oxygens (including phenoxy) is 19. The molecule has 10 aliphatic heterocycles. The molecule has 0 unspecified atom stereocenters. The van der Waals surface area contributed by atoms with Gasteiger partial charge in [0, 0.05) is 48.0 Å². The second-order valence-electron chi connectivity index (χ2n) is 33.9. The zero-order valence-electron chi connectivity index (χ0n) is 72.8. The molecular formula is C75H124N6O54. The third kappa shape index (κ3) is 25.2. The molecule has 778 valence electrons. The molecule has 135 heavy (non-hydrogen) atoms. The first-order chi connectivity index (χ1) is 63.7. The van der Waals surface area contributed by atoms with Crippen LogP contribution >= 0.6 is 0 Å². The fourth-order valence-electron chi connectivity index (χ4n) is 17.3. The number of carboxylic acids is 1. The Hall–Kier alpha value is -5.55. The van der Waals surface area contributed by atoms with E-state index in [2.05, 4.69) is 31.9 Å². The average Bonchev–Trinajstić information content (AvgIpc) is 0.760. The molecule has 10 heterocycles. The Balaban J connectivity index is 0.997. The van der Waals surface area contributed by atoms with Crippen molar-refractivity contribution in [3.05, 3.63) is 0 Å². The summed E-state index contributed by atoms with van der Waals surface area (Å²) < 4.78 is 114. The number of carboxylic acid groups (broad SMARTS) is 1. The van der Waals surface area contributed by atoms with Gasteiger partial charge in [-0.05, 0) is 0 Å². The van der Waals surface area contributed by atoms with E-state index < -0.39 is 426 Å². The number of carbonyl (C=O) groups is 7. The van der Waals surface area contributed by atoms with Crippen LogP contribution in [0.1, 0.15) is 48.0 Å². The first-order valence-corrected chi connectivity index (χ1v) is 42.7. The van der Waals surface area contributed by atoms with Crippen molar-refractivity contribution in [2.75, 3.05) is 66.1 Å². The Labute approximate surface area is 764 Å². The molecule has 60 heteroatoms. The summed E-state index contributed by atoms with van der Waals surface area (Å²) in [7, 11) is 0. The van der Waals surface area contributed by atoms with Crippen LogP contribution in [0.5, 0.6) is 0 Å². The third-order valence-electron chi connectivity index (χ3n) is 24.3. The lowest BCUT2D eigenvalue weighted by Gasteiger charge is -2.52. The highest BCUT2D eigenvalue weighted by Gasteiger charge is 2.64. The monoisotopic (exact) mass is 1970 g/mol. The highest BCUT2D eigenvalue weighted by Crippen LogP contribution is 2.42. The third-order valence-corrected chi connectivity index (χ3v) is 24.3. The lowest BCUT2D eigenvalue weighted by atomic mass is 9.88. The van der Waals surface area contributed by atoms with E-state index >= 15 is 0 Å². The van der Waals surface area contributed by atoms with Crippen LogP contribution in [0.2, 0.25) is 0 Å². The summed E-state index contributed by atoms with van der Waals surface area (Å²) >= 11 is 0. The van der Waals surface area contributed by atoms with Gasteiger partial charge in [0.25, 0.3) is 5.79 Å². The average molecular weight is 1970 g/mol. The molecule has 0 saturated carbocycles. The van der Waals surface area contributed by atoms with E-state index in [1.54, 1.807) is 0 Å². The predicted octanol–water partition coefficient (Wildman–Crippen LogP) is -22.7. The van der Waals surface area contributed by atoms with Crippen LogP contribution in [-0.4, -0.2) is 563 Å². The van der Waals surface area contributed by atoms with Gasteiger partial charge in [0.1, 0.15) is 238 Å². The topological polar surface area (TPSA) is 933 Å². The summed E-state index contributed by atoms with van der Waals surface area (Å²) in [6.45, 7) is -6.42. The fourth-order valence-corrected chi connectivity index (χ4v) is 17.3. The van der Waals surface area contributed by atoms with E-state index in [-0.39, 0.29) is 0 Å². The first kappa shape index (κ1) is 111. The van der Waals surface area contributed by atoms with Gasteiger partial charge in [-0.25, -0.2) is 4.79 Å². The smallest absolute Gasteiger partial charge is 0.364 e. The minimum Gasteiger partial charge on any atom is -0.477 e. The minimum absolute atomic E-state index is 0.818. The summed E-state index contributed by atoms with van der Waals surface area (Å²) in [6.07, 6.45) is -98.2. The molecule has 0 aromatic rings. The molecule has 0 spiro atoms. The Morgan fingerprint density at radius 1 is 0.304 bits per heavy atom. The maximum absolute atomic E-state index is 13.3. The van der Waals surface area contributed by atoms with Crippen molar-refractivity contribution >= 4 is 41.4 Å². The van der Waals surface area contributed by atoms with Crippen molar-refractivity contribution in [1.82, 2.24) is 31.9 Å². The maximum atomic E-state index is 13.3. The number of aliphatic carboxylic acids is 1. The lowest BCUT2D eigenvalue weighted by molar-refractivity contribution is -0.404. The summed E-state index contributed by atoms with van der Waals surface area (Å²) in [5, 5.41) is 330. The van der Waals surface area contributed by atoms with E-state index in [9.17, 15) is 177 Å². The van der Waals surface area contributed by atoms with Crippen LogP contribution in [0.4, 0.5) is 0 Å². The SMILES string of the molecule is CC(=O)N[C@@H]1[C@@H](O)[C@H](O[C@@H]2O[C@H](CO)[C@@H](O[C@@H]3O[C@H](CO[C@H]4O[C@H](CO)[C@@H](O)[C@H](O)[C@@H]4O[C@@H]4O[C@H](CO)[C@@H](O)[C@H](O)[C@H]4NC(C)=O)[C@@H](O)[C@H](O[C@H]4O[C@H](CO)[C@@H](O[C@@H]5O[C@H](CO)[C@@H](O[C@@H]6O[C@H](CO[C@]7(C(=O)O)C[C@H](O)[C@@H](NC(C)=O)[C@H]([C@H](O)[C@H](O)CO)O7)[C@H](O)[C@H](O)[C@H]6O)[C@H](O)[C@H]5NC(C)=O)[C@H](O)[C@@H]4O[C@@H]4O[C@H](CO)[C@@H](O)[C@H](O)[C@H]4NC(C)=O)[C@@H]3O)[C@H](O)[C@H]2NC(C)=O)[C@@H](CO)O[C@H]1O. The van der Waals surface area contributed by atoms with Gasteiger partial charge in [0.15, 0.2) is 56.6 Å². The molecule has 0 bridgehead atoms. The number of nitrogens with one attached hydrogen (secondary N) is 6. The van der Waals surface area contributed by atoms with Crippen molar-refractivity contribution in [3.63, 3.8) is 0 Å². The van der Waals surface area contributed by atoms with E-state index in [0.29, 0.717) is 0 Å². The number of hydrogen-bond acceptors (Lipinski definition) is 53. The highest BCUT2D eigenvalue weighted by atomic mass is 16.8. The van der Waals surface area contributed by atoms with Gasteiger partial charge in [-0.15, -0.1) is 0 Å². The zero-order valence-corrected chi connectivity index (χ0v) is 72.8. The Morgan fingerprint density at radius 3 is 1.03 bits per heavy atom. The van der Waals surface area contributed by atoms with E-state index in [4.69, 9.17) is 90.0 Å². The van der Waals surface area contributed by atoms with Crippen molar-refractivity contribution in [3.8, 4) is 0 Å². The predicted molar refractivity (Wildman–Crippen MR) is 416 cm³/mol. The molecule has 60 nitrogen and oxygen atoms in total. The van der Waals surface area contributed by atoms with Gasteiger partial charge >= 0.3 is 5.97 Å². The molecule has 10 rings (SSSR count). The second-order valence-corrected chi connectivity index (χ2v) is 33.9. The first-order valence-electron chi connectivity index (χ1n) is 42.7. The second kappa shape index (κ2) is 48.5. The summed E-state index contributed by atoms with van der Waals surface area (Å²) in [5.41, 5.74) is 0. The van der Waals surface area contributed by atoms with Crippen molar-refractivity contribution in [2.24, 2.45) is 0 Å². The van der Waals surface area contributed by atoms with Crippen molar-refractivity contribution in [2.45, 2.75) is 360 Å². The van der Waals surface area contributed by atoms with Gasteiger partial charge in [-0.2, -0.15) is 0 Å². The fraction of sp³-hybridized carbons (Fsp3) is 0.907. The molecule has 34 N–H and O–H groups in total. The highest BCUT2D eigenvalue weighted by molar-refractivity contribution is 5.77. The van der Waals surface area contributed by atoms with Crippen molar-refractivity contribution < 1.29 is 267 Å². The van der Waals surface area contributed by atoms with E-state index in [1.165, 1.54) is 0 Å². The van der Waals surface area contributed by atoms with Gasteiger partial charge < -0.3 is 265 Å². The molecule has 6 amide bonds. The van der Waals surface area contributed by atoms with Gasteiger partial charge in [-0.1, -0.05) is 0 Å². The zero-order chi connectivity index (χ0) is 99.9. The Morgan fingerprint density at radius 2 is 0.615 bits per heavy atom. The van der Waals surface area contributed by atoms with Crippen LogP contribution < -0.4 is 31.9 Å². The Kier molecular flexibility index (Phi) is 40.0. The van der Waals surface area contributed by atoms with E-state index in [1.807, 2.05) is 0 Å².